The molecule has 0 aliphatic carbocycles. The zero-order valence-corrected chi connectivity index (χ0v) is 11.8. The standard InChI is InChI=1S/C15H15NO3S/c1-2-12(15(18)19)16-14(17)13-11(8-9-20-13)10-6-4-3-5-7-10/h3-9,12H,2H2,1H3,(H,16,17)(H,18,19). The van der Waals surface area contributed by atoms with E-state index in [1.54, 1.807) is 6.92 Å². The average molecular weight is 289 g/mol. The van der Waals surface area contributed by atoms with Crippen molar-refractivity contribution in [3.8, 4) is 11.1 Å². The minimum atomic E-state index is -1.02. The molecule has 2 rings (SSSR count). The van der Waals surface area contributed by atoms with E-state index in [9.17, 15) is 9.59 Å². The lowest BCUT2D eigenvalue weighted by Crippen LogP contribution is -2.40. The third-order valence-electron chi connectivity index (χ3n) is 2.97. The number of amides is 1. The summed E-state index contributed by atoms with van der Waals surface area (Å²) in [6.07, 6.45) is 0.354. The number of aliphatic carboxylic acids is 1. The smallest absolute Gasteiger partial charge is 0.326 e. The van der Waals surface area contributed by atoms with Crippen LogP contribution in [-0.4, -0.2) is 23.0 Å². The van der Waals surface area contributed by atoms with Crippen LogP contribution >= 0.6 is 11.3 Å². The molecule has 1 aromatic carbocycles. The molecule has 1 unspecified atom stereocenters. The highest BCUT2D eigenvalue weighted by atomic mass is 32.1. The van der Waals surface area contributed by atoms with Crippen LogP contribution in [0.1, 0.15) is 23.0 Å². The second-order valence-corrected chi connectivity index (χ2v) is 5.22. The van der Waals surface area contributed by atoms with Crippen LogP contribution in [0.15, 0.2) is 41.8 Å². The van der Waals surface area contributed by atoms with E-state index in [2.05, 4.69) is 5.32 Å². The van der Waals surface area contributed by atoms with Gasteiger partial charge in [-0.3, -0.25) is 4.79 Å². The van der Waals surface area contributed by atoms with Gasteiger partial charge in [0.05, 0.1) is 4.88 Å². The molecule has 1 aromatic heterocycles. The Morgan fingerprint density at radius 2 is 1.95 bits per heavy atom. The summed E-state index contributed by atoms with van der Waals surface area (Å²) in [5, 5.41) is 13.4. The summed E-state index contributed by atoms with van der Waals surface area (Å²) in [6, 6.07) is 10.6. The van der Waals surface area contributed by atoms with Crippen molar-refractivity contribution >= 4 is 23.2 Å². The van der Waals surface area contributed by atoms with Gasteiger partial charge in [0.1, 0.15) is 6.04 Å². The van der Waals surface area contributed by atoms with E-state index in [1.807, 2.05) is 41.8 Å². The van der Waals surface area contributed by atoms with Crippen LogP contribution in [0, 0.1) is 0 Å². The number of benzene rings is 1. The average Bonchev–Trinajstić information content (AvgIpc) is 2.94. The van der Waals surface area contributed by atoms with Gasteiger partial charge < -0.3 is 10.4 Å². The molecule has 0 fully saturated rings. The first-order valence-electron chi connectivity index (χ1n) is 6.30. The van der Waals surface area contributed by atoms with Crippen molar-refractivity contribution in [3.63, 3.8) is 0 Å². The van der Waals surface area contributed by atoms with Crippen LogP contribution in [0.2, 0.25) is 0 Å². The molecule has 0 saturated carbocycles. The van der Waals surface area contributed by atoms with Gasteiger partial charge in [0.25, 0.3) is 5.91 Å². The van der Waals surface area contributed by atoms with Crippen molar-refractivity contribution in [1.82, 2.24) is 5.32 Å². The Bertz CT molecular complexity index is 607. The van der Waals surface area contributed by atoms with Crippen molar-refractivity contribution in [2.75, 3.05) is 0 Å². The van der Waals surface area contributed by atoms with Gasteiger partial charge in [-0.05, 0) is 23.4 Å². The topological polar surface area (TPSA) is 66.4 Å². The first-order chi connectivity index (χ1) is 9.63. The number of rotatable bonds is 5. The van der Waals surface area contributed by atoms with E-state index in [-0.39, 0.29) is 5.91 Å². The van der Waals surface area contributed by atoms with Gasteiger partial charge in [-0.15, -0.1) is 11.3 Å². The molecule has 0 bridgehead atoms. The number of hydrogen-bond donors (Lipinski definition) is 2. The molecule has 104 valence electrons. The van der Waals surface area contributed by atoms with Crippen molar-refractivity contribution in [1.29, 1.82) is 0 Å². The van der Waals surface area contributed by atoms with E-state index in [0.29, 0.717) is 11.3 Å². The quantitative estimate of drug-likeness (QED) is 0.889. The van der Waals surface area contributed by atoms with Crippen LogP contribution in [0.3, 0.4) is 0 Å². The molecule has 2 aromatic rings. The van der Waals surface area contributed by atoms with Crippen LogP contribution < -0.4 is 5.32 Å². The summed E-state index contributed by atoms with van der Waals surface area (Å²) in [7, 11) is 0. The Balaban J connectivity index is 2.24. The fourth-order valence-corrected chi connectivity index (χ4v) is 2.71. The zero-order chi connectivity index (χ0) is 14.5. The predicted octanol–water partition coefficient (Wildman–Crippen LogP) is 3.01. The van der Waals surface area contributed by atoms with Crippen molar-refractivity contribution < 1.29 is 14.7 Å². The maximum atomic E-state index is 12.2. The Morgan fingerprint density at radius 3 is 2.55 bits per heavy atom. The molecule has 1 heterocycles. The number of carbonyl (C=O) groups excluding carboxylic acids is 1. The Hall–Kier alpha value is -2.14. The Kier molecular flexibility index (Phi) is 4.53. The highest BCUT2D eigenvalue weighted by molar-refractivity contribution is 7.12. The molecular formula is C15H15NO3S. The Labute approximate surface area is 121 Å². The minimum Gasteiger partial charge on any atom is -0.480 e. The number of hydrogen-bond acceptors (Lipinski definition) is 3. The molecule has 1 amide bonds. The number of nitrogens with one attached hydrogen (secondary N) is 1. The number of carboxylic acids is 1. The molecule has 1 atom stereocenters. The summed E-state index contributed by atoms with van der Waals surface area (Å²) in [4.78, 5) is 23.7. The van der Waals surface area contributed by atoms with Crippen molar-refractivity contribution in [3.05, 3.63) is 46.7 Å². The lowest BCUT2D eigenvalue weighted by atomic mass is 10.1. The second kappa shape index (κ2) is 6.34. The van der Waals surface area contributed by atoms with E-state index in [0.717, 1.165) is 11.1 Å². The molecule has 0 spiro atoms. The fourth-order valence-electron chi connectivity index (χ4n) is 1.89. The second-order valence-electron chi connectivity index (χ2n) is 4.30. The lowest BCUT2D eigenvalue weighted by Gasteiger charge is -2.12. The maximum Gasteiger partial charge on any atom is 0.326 e. The van der Waals surface area contributed by atoms with Gasteiger partial charge >= 0.3 is 5.97 Å². The third-order valence-corrected chi connectivity index (χ3v) is 3.88. The minimum absolute atomic E-state index is 0.340. The van der Waals surface area contributed by atoms with Crippen LogP contribution in [0.25, 0.3) is 11.1 Å². The molecule has 20 heavy (non-hydrogen) atoms. The van der Waals surface area contributed by atoms with Gasteiger partial charge in [-0.25, -0.2) is 4.79 Å². The van der Waals surface area contributed by atoms with Crippen LogP contribution in [0.5, 0.6) is 0 Å². The predicted molar refractivity (Wildman–Crippen MR) is 78.9 cm³/mol. The normalized spacial score (nSPS) is 11.8. The molecule has 5 heteroatoms. The van der Waals surface area contributed by atoms with Crippen LogP contribution in [0.4, 0.5) is 0 Å². The first kappa shape index (κ1) is 14.3. The summed E-state index contributed by atoms with van der Waals surface area (Å²) >= 11 is 1.31. The molecule has 0 aliphatic rings. The summed E-state index contributed by atoms with van der Waals surface area (Å²) in [6.45, 7) is 1.73. The van der Waals surface area contributed by atoms with Crippen LogP contribution in [-0.2, 0) is 4.79 Å². The molecule has 0 aliphatic heterocycles. The van der Waals surface area contributed by atoms with E-state index >= 15 is 0 Å². The summed E-state index contributed by atoms with van der Waals surface area (Å²) < 4.78 is 0. The van der Waals surface area contributed by atoms with E-state index in [1.165, 1.54) is 11.3 Å². The number of carboxylic acid groups (broad SMARTS) is 1. The van der Waals surface area contributed by atoms with E-state index in [4.69, 9.17) is 5.11 Å². The highest BCUT2D eigenvalue weighted by Gasteiger charge is 2.21. The molecular weight excluding hydrogens is 274 g/mol. The number of carbonyl (C=O) groups is 2. The van der Waals surface area contributed by atoms with Crippen molar-refractivity contribution in [2.45, 2.75) is 19.4 Å². The van der Waals surface area contributed by atoms with Gasteiger partial charge in [-0.2, -0.15) is 0 Å². The van der Waals surface area contributed by atoms with Gasteiger partial charge in [0, 0.05) is 5.56 Å². The monoisotopic (exact) mass is 289 g/mol. The SMILES string of the molecule is CCC(NC(=O)c1sccc1-c1ccccc1)C(=O)O. The van der Waals surface area contributed by atoms with Crippen molar-refractivity contribution in [2.24, 2.45) is 0 Å². The van der Waals surface area contributed by atoms with Gasteiger partial charge in [0.2, 0.25) is 0 Å². The first-order valence-corrected chi connectivity index (χ1v) is 7.18. The summed E-state index contributed by atoms with van der Waals surface area (Å²) in [5.74, 6) is -1.35. The zero-order valence-electron chi connectivity index (χ0n) is 11.0. The highest BCUT2D eigenvalue weighted by Crippen LogP contribution is 2.28. The molecule has 0 saturated heterocycles. The maximum absolute atomic E-state index is 12.2. The third kappa shape index (κ3) is 3.05. The molecule has 0 radical (unpaired) electrons. The van der Waals surface area contributed by atoms with E-state index < -0.39 is 12.0 Å². The fraction of sp³-hybridized carbons (Fsp3) is 0.200. The summed E-state index contributed by atoms with van der Waals surface area (Å²) in [5.41, 5.74) is 1.77. The Morgan fingerprint density at radius 1 is 1.25 bits per heavy atom. The number of thiophene rings is 1. The van der Waals surface area contributed by atoms with Gasteiger partial charge in [-0.1, -0.05) is 37.3 Å². The molecule has 2 N–H and O–H groups in total. The van der Waals surface area contributed by atoms with Gasteiger partial charge in [0.15, 0.2) is 0 Å². The molecule has 4 nitrogen and oxygen atoms in total. The lowest BCUT2D eigenvalue weighted by molar-refractivity contribution is -0.139. The largest absolute Gasteiger partial charge is 0.480 e.